The zero-order valence-corrected chi connectivity index (χ0v) is 23.4. The number of fused-ring (bicyclic) bond motifs is 1. The van der Waals surface area contributed by atoms with Crippen molar-refractivity contribution in [1.29, 1.82) is 0 Å². The van der Waals surface area contributed by atoms with Crippen molar-refractivity contribution in [2.45, 2.75) is 58.2 Å². The second-order valence-corrected chi connectivity index (χ2v) is 11.6. The lowest BCUT2D eigenvalue weighted by molar-refractivity contribution is -0.141. The normalized spacial score (nSPS) is 20.2. The van der Waals surface area contributed by atoms with E-state index in [1.165, 1.54) is 35.2 Å². The number of piperidine rings is 1. The first-order chi connectivity index (χ1) is 18.5. The van der Waals surface area contributed by atoms with Crippen LogP contribution in [-0.4, -0.2) is 38.7 Å². The minimum absolute atomic E-state index is 0.102. The van der Waals surface area contributed by atoms with Crippen LogP contribution in [0.3, 0.4) is 0 Å². The van der Waals surface area contributed by atoms with Crippen LogP contribution in [0.4, 0.5) is 5.69 Å². The van der Waals surface area contributed by atoms with Gasteiger partial charge in [0.15, 0.2) is 6.29 Å². The Bertz CT molecular complexity index is 1190. The largest absolute Gasteiger partial charge is 0.507 e. The fourth-order valence-corrected chi connectivity index (χ4v) is 6.89. The molecule has 0 unspecified atom stereocenters. The van der Waals surface area contributed by atoms with Gasteiger partial charge in [-0.3, -0.25) is 0 Å². The molecule has 0 spiro atoms. The van der Waals surface area contributed by atoms with Crippen LogP contribution in [0.15, 0.2) is 66.7 Å². The number of hydrogen-bond donors (Lipinski definition) is 1. The lowest BCUT2D eigenvalue weighted by atomic mass is 9.69. The molecule has 202 valence electrons. The van der Waals surface area contributed by atoms with E-state index in [0.29, 0.717) is 29.4 Å². The Morgan fingerprint density at radius 3 is 2.26 bits per heavy atom. The summed E-state index contributed by atoms with van der Waals surface area (Å²) in [5.74, 6) is 2.52. The number of para-hydroxylation sites is 1. The Kier molecular flexibility index (Phi) is 8.40. The van der Waals surface area contributed by atoms with Crippen molar-refractivity contribution in [2.75, 3.05) is 32.2 Å². The quantitative estimate of drug-likeness (QED) is 0.314. The first kappa shape index (κ1) is 26.8. The highest BCUT2D eigenvalue weighted by atomic mass is 16.7. The molecular formula is C34H43NO3. The van der Waals surface area contributed by atoms with E-state index in [9.17, 15) is 5.11 Å². The van der Waals surface area contributed by atoms with E-state index in [-0.39, 0.29) is 6.29 Å². The zero-order chi connectivity index (χ0) is 26.6. The SMILES string of the molecule is COC(OC)C1CCN(c2ccc([C@@H]3c4ccc(-c5ccccc5O)cc4CC[C@@H]3CC(C)C)cc2)CC1. The van der Waals surface area contributed by atoms with Crippen LogP contribution in [-0.2, 0) is 15.9 Å². The summed E-state index contributed by atoms with van der Waals surface area (Å²) in [7, 11) is 3.48. The predicted octanol–water partition coefficient (Wildman–Crippen LogP) is 7.63. The number of phenols is 1. The molecule has 3 aromatic carbocycles. The molecule has 0 amide bonds. The number of methoxy groups -OCH3 is 2. The van der Waals surface area contributed by atoms with Crippen molar-refractivity contribution < 1.29 is 14.6 Å². The minimum Gasteiger partial charge on any atom is -0.507 e. The summed E-state index contributed by atoms with van der Waals surface area (Å²) in [5.41, 5.74) is 7.62. The van der Waals surface area contributed by atoms with Gasteiger partial charge in [-0.2, -0.15) is 0 Å². The molecule has 1 heterocycles. The highest BCUT2D eigenvalue weighted by Gasteiger charge is 2.32. The number of anilines is 1. The fraction of sp³-hybridized carbons (Fsp3) is 0.471. The molecule has 5 rings (SSSR count). The fourth-order valence-electron chi connectivity index (χ4n) is 6.89. The van der Waals surface area contributed by atoms with Crippen LogP contribution in [0, 0.1) is 17.8 Å². The number of aromatic hydroxyl groups is 1. The summed E-state index contributed by atoms with van der Waals surface area (Å²) < 4.78 is 11.0. The van der Waals surface area contributed by atoms with Gasteiger partial charge >= 0.3 is 0 Å². The molecular weight excluding hydrogens is 470 g/mol. The predicted molar refractivity (Wildman–Crippen MR) is 156 cm³/mol. The van der Waals surface area contributed by atoms with Crippen molar-refractivity contribution in [3.63, 3.8) is 0 Å². The Morgan fingerprint density at radius 1 is 0.895 bits per heavy atom. The molecule has 0 bridgehead atoms. The molecule has 2 atom stereocenters. The summed E-state index contributed by atoms with van der Waals surface area (Å²) in [4.78, 5) is 2.50. The van der Waals surface area contributed by atoms with Crippen molar-refractivity contribution in [3.05, 3.63) is 83.4 Å². The van der Waals surface area contributed by atoms with Crippen molar-refractivity contribution in [3.8, 4) is 16.9 Å². The Hall–Kier alpha value is -2.82. The summed E-state index contributed by atoms with van der Waals surface area (Å²) in [6, 6.07) is 23.9. The van der Waals surface area contributed by atoms with E-state index < -0.39 is 0 Å². The molecule has 0 aromatic heterocycles. The minimum atomic E-state index is -0.102. The molecule has 1 fully saturated rings. The highest BCUT2D eigenvalue weighted by Crippen LogP contribution is 2.45. The number of rotatable bonds is 8. The maximum atomic E-state index is 10.4. The molecule has 1 aliphatic carbocycles. The van der Waals surface area contributed by atoms with Gasteiger partial charge in [0.05, 0.1) is 0 Å². The van der Waals surface area contributed by atoms with Crippen LogP contribution in [0.5, 0.6) is 5.75 Å². The van der Waals surface area contributed by atoms with Gasteiger partial charge in [-0.15, -0.1) is 0 Å². The average Bonchev–Trinajstić information content (AvgIpc) is 2.94. The second-order valence-electron chi connectivity index (χ2n) is 11.6. The van der Waals surface area contributed by atoms with E-state index >= 15 is 0 Å². The highest BCUT2D eigenvalue weighted by molar-refractivity contribution is 5.71. The van der Waals surface area contributed by atoms with E-state index in [4.69, 9.17) is 9.47 Å². The van der Waals surface area contributed by atoms with Gasteiger partial charge in [-0.05, 0) is 84.4 Å². The van der Waals surface area contributed by atoms with E-state index in [2.05, 4.69) is 61.2 Å². The first-order valence-corrected chi connectivity index (χ1v) is 14.3. The summed E-state index contributed by atoms with van der Waals surface area (Å²) in [6.07, 6.45) is 5.60. The van der Waals surface area contributed by atoms with Gasteiger partial charge in [-0.25, -0.2) is 0 Å². The molecule has 1 N–H and O–H groups in total. The number of nitrogens with zero attached hydrogens (tertiary/aromatic N) is 1. The molecule has 1 saturated heterocycles. The lowest BCUT2D eigenvalue weighted by Gasteiger charge is -2.37. The van der Waals surface area contributed by atoms with Gasteiger partial charge in [0.25, 0.3) is 0 Å². The zero-order valence-electron chi connectivity index (χ0n) is 23.4. The molecule has 3 aromatic rings. The Morgan fingerprint density at radius 2 is 1.61 bits per heavy atom. The van der Waals surface area contributed by atoms with E-state index in [0.717, 1.165) is 43.5 Å². The van der Waals surface area contributed by atoms with Crippen molar-refractivity contribution in [1.82, 2.24) is 0 Å². The van der Waals surface area contributed by atoms with Crippen LogP contribution < -0.4 is 4.90 Å². The third-order valence-corrected chi connectivity index (χ3v) is 8.73. The molecule has 4 heteroatoms. The monoisotopic (exact) mass is 513 g/mol. The summed E-state index contributed by atoms with van der Waals surface area (Å²) in [5, 5.41) is 10.4. The van der Waals surface area contributed by atoms with Crippen LogP contribution in [0.1, 0.15) is 62.1 Å². The third kappa shape index (κ3) is 5.62. The number of benzene rings is 3. The number of aryl methyl sites for hydroxylation is 1. The third-order valence-electron chi connectivity index (χ3n) is 8.73. The summed E-state index contributed by atoms with van der Waals surface area (Å²) >= 11 is 0. The van der Waals surface area contributed by atoms with Crippen LogP contribution >= 0.6 is 0 Å². The summed E-state index contributed by atoms with van der Waals surface area (Å²) in [6.45, 7) is 6.76. The lowest BCUT2D eigenvalue weighted by Crippen LogP contribution is -2.39. The second kappa shape index (κ2) is 11.9. The Balaban J connectivity index is 1.39. The van der Waals surface area contributed by atoms with Gasteiger partial charge in [0.1, 0.15) is 5.75 Å². The molecule has 1 aliphatic heterocycles. The smallest absolute Gasteiger partial charge is 0.159 e. The van der Waals surface area contributed by atoms with E-state index in [1.807, 2.05) is 18.2 Å². The molecule has 0 radical (unpaired) electrons. The molecule has 38 heavy (non-hydrogen) atoms. The maximum absolute atomic E-state index is 10.4. The number of phenolic OH excluding ortho intramolecular Hbond substituents is 1. The number of hydrogen-bond acceptors (Lipinski definition) is 4. The number of ether oxygens (including phenoxy) is 2. The van der Waals surface area contributed by atoms with Gasteiger partial charge < -0.3 is 19.5 Å². The van der Waals surface area contributed by atoms with Crippen molar-refractivity contribution >= 4 is 5.69 Å². The van der Waals surface area contributed by atoms with Crippen LogP contribution in [0.2, 0.25) is 0 Å². The standard InChI is InChI=1S/C34H43NO3/c1-23(2)21-28-10-9-27-22-26(30-7-5-6-8-32(30)36)13-16-31(27)33(28)24-11-14-29(15-12-24)35-19-17-25(18-20-35)34(37-3)38-4/h5-8,11-16,22-23,25,28,33-34,36H,9-10,17-21H2,1-4H3/t28-,33+/m1/s1. The molecule has 2 aliphatic rings. The maximum Gasteiger partial charge on any atom is 0.159 e. The van der Waals surface area contributed by atoms with Gasteiger partial charge in [0.2, 0.25) is 0 Å². The average molecular weight is 514 g/mol. The molecule has 0 saturated carbocycles. The van der Waals surface area contributed by atoms with Crippen LogP contribution in [0.25, 0.3) is 11.1 Å². The van der Waals surface area contributed by atoms with Gasteiger partial charge in [-0.1, -0.05) is 62.4 Å². The molecule has 4 nitrogen and oxygen atoms in total. The first-order valence-electron chi connectivity index (χ1n) is 14.3. The van der Waals surface area contributed by atoms with Gasteiger partial charge in [0, 0.05) is 50.4 Å². The van der Waals surface area contributed by atoms with Crippen molar-refractivity contribution in [2.24, 2.45) is 17.8 Å². The Labute approximate surface area is 228 Å². The van der Waals surface area contributed by atoms with E-state index in [1.54, 1.807) is 20.3 Å². The topological polar surface area (TPSA) is 41.9 Å².